The lowest BCUT2D eigenvalue weighted by atomic mass is 9.98. The number of benzene rings is 2. The van der Waals surface area contributed by atoms with Crippen molar-refractivity contribution < 1.29 is 23.8 Å². The van der Waals surface area contributed by atoms with Gasteiger partial charge in [-0.2, -0.15) is 0 Å². The number of nitrogens with one attached hydrogen (secondary N) is 2. The molecule has 1 aromatic heterocycles. The Labute approximate surface area is 187 Å². The molecule has 0 aliphatic carbocycles. The zero-order valence-electron chi connectivity index (χ0n) is 18.9. The Balaban J connectivity index is 1.90. The molecule has 1 atom stereocenters. The number of ether oxygens (including phenoxy) is 3. The average molecular weight is 437 g/mol. The van der Waals surface area contributed by atoms with Crippen molar-refractivity contribution in [2.45, 2.75) is 26.3 Å². The van der Waals surface area contributed by atoms with Crippen LogP contribution in [0.3, 0.4) is 0 Å². The molecule has 1 amide bonds. The van der Waals surface area contributed by atoms with Crippen molar-refractivity contribution >= 4 is 11.9 Å². The largest absolute Gasteiger partial charge is 0.497 e. The first-order valence-corrected chi connectivity index (χ1v) is 10.2. The lowest BCUT2D eigenvalue weighted by Crippen LogP contribution is -2.30. The van der Waals surface area contributed by atoms with Gasteiger partial charge in [0.25, 0.3) is 5.91 Å². The molecule has 0 aliphatic heterocycles. The minimum Gasteiger partial charge on any atom is -0.497 e. The number of esters is 1. The normalized spacial score (nSPS) is 11.5. The summed E-state index contributed by atoms with van der Waals surface area (Å²) in [5.41, 5.74) is 3.86. The molecule has 0 bridgehead atoms. The molecule has 0 unspecified atom stereocenters. The second-order valence-electron chi connectivity index (χ2n) is 7.47. The minimum absolute atomic E-state index is 0.296. The van der Waals surface area contributed by atoms with Gasteiger partial charge in [-0.05, 0) is 61.2 Å². The third-order valence-corrected chi connectivity index (χ3v) is 5.48. The molecular formula is C25H28N2O5. The number of aryl methyl sites for hydroxylation is 1. The molecule has 32 heavy (non-hydrogen) atoms. The molecule has 7 nitrogen and oxygen atoms in total. The van der Waals surface area contributed by atoms with Crippen LogP contribution in [0.5, 0.6) is 11.5 Å². The van der Waals surface area contributed by atoms with E-state index in [2.05, 4.69) is 10.3 Å². The van der Waals surface area contributed by atoms with Gasteiger partial charge in [0.15, 0.2) is 0 Å². The van der Waals surface area contributed by atoms with Gasteiger partial charge in [0.2, 0.25) is 0 Å². The first kappa shape index (κ1) is 22.9. The maximum absolute atomic E-state index is 13.2. The van der Waals surface area contributed by atoms with Crippen LogP contribution in [-0.4, -0.2) is 38.2 Å². The quantitative estimate of drug-likeness (QED) is 0.518. The van der Waals surface area contributed by atoms with Crippen molar-refractivity contribution in [3.8, 4) is 11.5 Å². The Bertz CT molecular complexity index is 1080. The summed E-state index contributed by atoms with van der Waals surface area (Å²) in [6.45, 7) is 3.48. The number of aromatic amines is 1. The summed E-state index contributed by atoms with van der Waals surface area (Å²) in [6.07, 6.45) is 0.574. The molecule has 7 heteroatoms. The smallest absolute Gasteiger partial charge is 0.339 e. The first-order valence-electron chi connectivity index (χ1n) is 10.2. The van der Waals surface area contributed by atoms with Crippen LogP contribution >= 0.6 is 0 Å². The fourth-order valence-electron chi connectivity index (χ4n) is 3.70. The van der Waals surface area contributed by atoms with Crippen molar-refractivity contribution in [2.24, 2.45) is 0 Å². The van der Waals surface area contributed by atoms with Gasteiger partial charge < -0.3 is 24.5 Å². The third kappa shape index (κ3) is 4.94. The monoisotopic (exact) mass is 436 g/mol. The summed E-state index contributed by atoms with van der Waals surface area (Å²) >= 11 is 0. The van der Waals surface area contributed by atoms with Gasteiger partial charge in [0.1, 0.15) is 17.2 Å². The topological polar surface area (TPSA) is 89.7 Å². The number of carbonyl (C=O) groups excluding carboxylic acids is 2. The van der Waals surface area contributed by atoms with E-state index in [0.717, 1.165) is 22.6 Å². The van der Waals surface area contributed by atoms with Crippen LogP contribution in [0.4, 0.5) is 0 Å². The molecule has 3 rings (SSSR count). The van der Waals surface area contributed by atoms with Crippen molar-refractivity contribution in [1.82, 2.24) is 10.3 Å². The third-order valence-electron chi connectivity index (χ3n) is 5.48. The zero-order valence-corrected chi connectivity index (χ0v) is 18.9. The maximum Gasteiger partial charge on any atom is 0.339 e. The van der Waals surface area contributed by atoms with Crippen molar-refractivity contribution in [2.75, 3.05) is 21.3 Å². The van der Waals surface area contributed by atoms with E-state index in [9.17, 15) is 9.59 Å². The van der Waals surface area contributed by atoms with Crippen LogP contribution in [0.15, 0.2) is 48.5 Å². The summed E-state index contributed by atoms with van der Waals surface area (Å²) in [5.74, 6) is 0.740. The summed E-state index contributed by atoms with van der Waals surface area (Å²) in [6, 6.07) is 15.0. The molecule has 2 N–H and O–H groups in total. The SMILES string of the molecule is COC(=O)c1c(C)[nH]c(C(=O)N[C@H](Cc2ccc(OC)cc2)c2ccc(OC)cc2)c1C. The average Bonchev–Trinajstić information content (AvgIpc) is 3.12. The van der Waals surface area contributed by atoms with Crippen molar-refractivity contribution in [1.29, 1.82) is 0 Å². The Hall–Kier alpha value is -3.74. The van der Waals surface area contributed by atoms with Crippen LogP contribution in [0.1, 0.15) is 49.3 Å². The molecule has 2 aromatic carbocycles. The predicted octanol–water partition coefficient (Wildman–Crippen LogP) is 4.15. The molecule has 0 saturated heterocycles. The standard InChI is InChI=1S/C25H28N2O5/c1-15-22(25(29)32-5)16(2)26-23(15)24(28)27-21(18-8-12-20(31-4)13-9-18)14-17-6-10-19(30-3)11-7-17/h6-13,21,26H,14H2,1-5H3,(H,27,28)/t21-/m1/s1. The second-order valence-corrected chi connectivity index (χ2v) is 7.47. The molecule has 3 aromatic rings. The van der Waals surface area contributed by atoms with E-state index in [4.69, 9.17) is 14.2 Å². The molecule has 168 valence electrons. The van der Waals surface area contributed by atoms with E-state index >= 15 is 0 Å². The summed E-state index contributed by atoms with van der Waals surface area (Å²) in [5, 5.41) is 3.11. The van der Waals surface area contributed by atoms with Crippen LogP contribution in [0.2, 0.25) is 0 Å². The van der Waals surface area contributed by atoms with Gasteiger partial charge in [-0.25, -0.2) is 4.79 Å². The van der Waals surface area contributed by atoms with Crippen LogP contribution in [0, 0.1) is 13.8 Å². The summed E-state index contributed by atoms with van der Waals surface area (Å²) in [7, 11) is 4.56. The van der Waals surface area contributed by atoms with Crippen molar-refractivity contribution in [3.63, 3.8) is 0 Å². The number of rotatable bonds is 8. The highest BCUT2D eigenvalue weighted by molar-refractivity contribution is 6.00. The van der Waals surface area contributed by atoms with E-state index in [0.29, 0.717) is 28.9 Å². The van der Waals surface area contributed by atoms with Crippen LogP contribution < -0.4 is 14.8 Å². The van der Waals surface area contributed by atoms with Gasteiger partial charge >= 0.3 is 5.97 Å². The molecular weight excluding hydrogens is 408 g/mol. The zero-order chi connectivity index (χ0) is 23.3. The maximum atomic E-state index is 13.2. The van der Waals surface area contributed by atoms with Crippen LogP contribution in [-0.2, 0) is 11.2 Å². The Kier molecular flexibility index (Phi) is 7.20. The molecule has 0 radical (unpaired) electrons. The molecule has 0 saturated carbocycles. The number of carbonyl (C=O) groups is 2. The Morgan fingerprint density at radius 3 is 2.00 bits per heavy atom. The lowest BCUT2D eigenvalue weighted by molar-refractivity contribution is 0.0599. The highest BCUT2D eigenvalue weighted by Crippen LogP contribution is 2.25. The molecule has 0 aliphatic rings. The van der Waals surface area contributed by atoms with Gasteiger partial charge in [-0.1, -0.05) is 24.3 Å². The van der Waals surface area contributed by atoms with Gasteiger partial charge in [0.05, 0.1) is 32.9 Å². The van der Waals surface area contributed by atoms with E-state index in [1.54, 1.807) is 28.1 Å². The number of hydrogen-bond acceptors (Lipinski definition) is 5. The number of amides is 1. The highest BCUT2D eigenvalue weighted by atomic mass is 16.5. The fourth-order valence-corrected chi connectivity index (χ4v) is 3.70. The predicted molar refractivity (Wildman–Crippen MR) is 122 cm³/mol. The number of H-pyrrole nitrogens is 1. The molecule has 0 fully saturated rings. The summed E-state index contributed by atoms with van der Waals surface area (Å²) in [4.78, 5) is 28.3. The lowest BCUT2D eigenvalue weighted by Gasteiger charge is -2.20. The summed E-state index contributed by atoms with van der Waals surface area (Å²) < 4.78 is 15.3. The van der Waals surface area contributed by atoms with E-state index in [-0.39, 0.29) is 11.9 Å². The first-order chi connectivity index (χ1) is 15.4. The number of hydrogen-bond donors (Lipinski definition) is 2. The van der Waals surface area contributed by atoms with Crippen molar-refractivity contribution in [3.05, 3.63) is 82.2 Å². The fraction of sp³-hybridized carbons (Fsp3) is 0.280. The number of methoxy groups -OCH3 is 3. The van der Waals surface area contributed by atoms with Crippen LogP contribution in [0.25, 0.3) is 0 Å². The molecule has 0 spiro atoms. The van der Waals surface area contributed by atoms with E-state index in [1.165, 1.54) is 7.11 Å². The van der Waals surface area contributed by atoms with Gasteiger partial charge in [0, 0.05) is 5.69 Å². The van der Waals surface area contributed by atoms with Gasteiger partial charge in [-0.15, -0.1) is 0 Å². The van der Waals surface area contributed by atoms with E-state index in [1.807, 2.05) is 48.5 Å². The second kappa shape index (κ2) is 10.0. The van der Waals surface area contributed by atoms with E-state index < -0.39 is 5.97 Å². The van der Waals surface area contributed by atoms with Gasteiger partial charge in [-0.3, -0.25) is 4.79 Å². The highest BCUT2D eigenvalue weighted by Gasteiger charge is 2.24. The molecule has 1 heterocycles. The Morgan fingerprint density at radius 2 is 1.47 bits per heavy atom. The minimum atomic E-state index is -0.472. The Morgan fingerprint density at radius 1 is 0.906 bits per heavy atom. The number of aromatic nitrogens is 1.